The topological polar surface area (TPSA) is 58.7 Å². The van der Waals surface area contributed by atoms with Crippen molar-refractivity contribution in [3.63, 3.8) is 0 Å². The number of nitrogens with zero attached hydrogens (tertiary/aromatic N) is 3. The molecule has 0 saturated carbocycles. The van der Waals surface area contributed by atoms with Crippen LogP contribution in [0.15, 0.2) is 45.2 Å². The van der Waals surface area contributed by atoms with Crippen molar-refractivity contribution in [1.29, 1.82) is 5.26 Å². The monoisotopic (exact) mass is 345 g/mol. The summed E-state index contributed by atoms with van der Waals surface area (Å²) in [6, 6.07) is 9.83. The van der Waals surface area contributed by atoms with Crippen molar-refractivity contribution in [3.05, 3.63) is 50.8 Å². The van der Waals surface area contributed by atoms with Crippen molar-refractivity contribution in [3.8, 4) is 17.2 Å². The van der Waals surface area contributed by atoms with Crippen LogP contribution >= 0.6 is 27.3 Å². The van der Waals surface area contributed by atoms with E-state index >= 15 is 0 Å². The first-order valence-corrected chi connectivity index (χ1v) is 7.47. The van der Waals surface area contributed by atoms with Gasteiger partial charge in [-0.2, -0.15) is 5.26 Å². The van der Waals surface area contributed by atoms with Crippen LogP contribution in [0.1, 0.15) is 0 Å². The third-order valence-electron chi connectivity index (χ3n) is 2.94. The molecule has 0 saturated heterocycles. The van der Waals surface area contributed by atoms with E-state index in [4.69, 9.17) is 5.26 Å². The van der Waals surface area contributed by atoms with E-state index in [1.54, 1.807) is 0 Å². The van der Waals surface area contributed by atoms with E-state index in [1.165, 1.54) is 22.2 Å². The molecular weight excluding hydrogens is 338 g/mol. The van der Waals surface area contributed by atoms with Gasteiger partial charge in [0.1, 0.15) is 11.2 Å². The molecule has 1 aromatic carbocycles. The smallest absolute Gasteiger partial charge is 0.272 e. The highest BCUT2D eigenvalue weighted by atomic mass is 79.9. The Bertz CT molecular complexity index is 874. The summed E-state index contributed by atoms with van der Waals surface area (Å²) in [6.45, 7) is 0.0211. The van der Waals surface area contributed by atoms with Gasteiger partial charge >= 0.3 is 0 Å². The summed E-state index contributed by atoms with van der Waals surface area (Å²) in [6.07, 6.45) is 1.43. The maximum absolute atomic E-state index is 12.2. The Kier molecular flexibility index (Phi) is 3.38. The molecule has 0 amide bonds. The molecule has 0 bridgehead atoms. The molecule has 2 heterocycles. The van der Waals surface area contributed by atoms with Crippen LogP contribution in [0.4, 0.5) is 0 Å². The van der Waals surface area contributed by atoms with Gasteiger partial charge in [-0.25, -0.2) is 4.98 Å². The molecule has 0 spiro atoms. The fraction of sp³-hybridized carbons (Fsp3) is 0.0714. The van der Waals surface area contributed by atoms with Gasteiger partial charge in [0, 0.05) is 15.4 Å². The normalized spacial score (nSPS) is 10.6. The largest absolute Gasteiger partial charge is 0.284 e. The van der Waals surface area contributed by atoms with Gasteiger partial charge in [-0.15, -0.1) is 11.3 Å². The van der Waals surface area contributed by atoms with Crippen LogP contribution < -0.4 is 5.56 Å². The molecule has 2 aromatic heterocycles. The lowest BCUT2D eigenvalue weighted by Gasteiger charge is -2.01. The second kappa shape index (κ2) is 5.19. The number of benzene rings is 1. The van der Waals surface area contributed by atoms with Gasteiger partial charge in [0.15, 0.2) is 0 Å². The van der Waals surface area contributed by atoms with Crippen molar-refractivity contribution in [2.24, 2.45) is 0 Å². The quantitative estimate of drug-likeness (QED) is 0.714. The number of rotatable bonds is 2. The summed E-state index contributed by atoms with van der Waals surface area (Å²) in [4.78, 5) is 16.5. The molecule has 0 N–H and O–H groups in total. The van der Waals surface area contributed by atoms with Gasteiger partial charge in [0.05, 0.1) is 17.9 Å². The molecule has 0 aliphatic rings. The Labute approximate surface area is 127 Å². The number of hydrogen-bond acceptors (Lipinski definition) is 4. The lowest BCUT2D eigenvalue weighted by Crippen LogP contribution is -2.18. The van der Waals surface area contributed by atoms with Crippen LogP contribution in [-0.4, -0.2) is 9.55 Å². The number of halogens is 1. The molecule has 6 heteroatoms. The third-order valence-corrected chi connectivity index (χ3v) is 4.43. The molecule has 3 rings (SSSR count). The standard InChI is InChI=1S/C14H8BrN3OS/c15-10-3-1-9(2-4-10)11-7-20-13-12(11)17-8-18(6-5-16)14(13)19/h1-4,7-8H,6H2. The highest BCUT2D eigenvalue weighted by molar-refractivity contribution is 9.10. The van der Waals surface area contributed by atoms with E-state index in [0.29, 0.717) is 10.2 Å². The molecule has 0 radical (unpaired) electrons. The first-order chi connectivity index (χ1) is 9.70. The van der Waals surface area contributed by atoms with Gasteiger partial charge in [-0.3, -0.25) is 9.36 Å². The Morgan fingerprint density at radius 2 is 2.10 bits per heavy atom. The summed E-state index contributed by atoms with van der Waals surface area (Å²) in [5, 5.41) is 10.6. The number of fused-ring (bicyclic) bond motifs is 1. The molecule has 98 valence electrons. The lowest BCUT2D eigenvalue weighted by atomic mass is 10.1. The molecular formula is C14H8BrN3OS. The van der Waals surface area contributed by atoms with Gasteiger partial charge < -0.3 is 0 Å². The Hall–Kier alpha value is -1.97. The van der Waals surface area contributed by atoms with E-state index in [0.717, 1.165) is 15.6 Å². The minimum Gasteiger partial charge on any atom is -0.284 e. The Balaban J connectivity index is 2.20. The molecule has 20 heavy (non-hydrogen) atoms. The van der Waals surface area contributed by atoms with E-state index in [-0.39, 0.29) is 12.1 Å². The van der Waals surface area contributed by atoms with Crippen LogP contribution in [0.2, 0.25) is 0 Å². The highest BCUT2D eigenvalue weighted by Crippen LogP contribution is 2.31. The van der Waals surface area contributed by atoms with Crippen LogP contribution in [0.25, 0.3) is 21.3 Å². The van der Waals surface area contributed by atoms with Gasteiger partial charge in [0.25, 0.3) is 5.56 Å². The van der Waals surface area contributed by atoms with Gasteiger partial charge in [-0.05, 0) is 17.7 Å². The predicted octanol–water partition coefficient (Wildman–Crippen LogP) is 3.41. The second-order valence-corrected chi connectivity index (χ2v) is 5.97. The summed E-state index contributed by atoms with van der Waals surface area (Å²) in [5.41, 5.74) is 2.49. The average molecular weight is 346 g/mol. The predicted molar refractivity (Wildman–Crippen MR) is 82.6 cm³/mol. The molecule has 0 aliphatic heterocycles. The summed E-state index contributed by atoms with van der Waals surface area (Å²) in [7, 11) is 0. The minimum absolute atomic E-state index is 0.0211. The summed E-state index contributed by atoms with van der Waals surface area (Å²) in [5.74, 6) is 0. The fourth-order valence-corrected chi connectivity index (χ4v) is 3.21. The molecule has 0 fully saturated rings. The minimum atomic E-state index is -0.162. The highest BCUT2D eigenvalue weighted by Gasteiger charge is 2.12. The van der Waals surface area contributed by atoms with E-state index in [1.807, 2.05) is 35.7 Å². The zero-order chi connectivity index (χ0) is 14.1. The van der Waals surface area contributed by atoms with Crippen molar-refractivity contribution in [1.82, 2.24) is 9.55 Å². The first kappa shape index (κ1) is 13.0. The number of aromatic nitrogens is 2. The number of nitriles is 1. The van der Waals surface area contributed by atoms with E-state index < -0.39 is 0 Å². The third kappa shape index (κ3) is 2.15. The van der Waals surface area contributed by atoms with Crippen molar-refractivity contribution >= 4 is 37.5 Å². The van der Waals surface area contributed by atoms with Crippen LogP contribution in [0.5, 0.6) is 0 Å². The zero-order valence-electron chi connectivity index (χ0n) is 10.2. The SMILES string of the molecule is N#CCn1cnc2c(-c3ccc(Br)cc3)csc2c1=O. The molecule has 4 nitrogen and oxygen atoms in total. The maximum Gasteiger partial charge on any atom is 0.272 e. The van der Waals surface area contributed by atoms with Crippen molar-refractivity contribution in [2.45, 2.75) is 6.54 Å². The number of thiophene rings is 1. The van der Waals surface area contributed by atoms with E-state index in [9.17, 15) is 4.79 Å². The maximum atomic E-state index is 12.2. The average Bonchev–Trinajstić information content (AvgIpc) is 2.88. The van der Waals surface area contributed by atoms with Gasteiger partial charge in [0.2, 0.25) is 0 Å². The molecule has 0 atom stereocenters. The Morgan fingerprint density at radius 1 is 1.35 bits per heavy atom. The van der Waals surface area contributed by atoms with Crippen LogP contribution in [0, 0.1) is 11.3 Å². The zero-order valence-corrected chi connectivity index (χ0v) is 12.6. The fourth-order valence-electron chi connectivity index (χ4n) is 1.96. The Morgan fingerprint density at radius 3 is 2.80 bits per heavy atom. The molecule has 3 aromatic rings. The van der Waals surface area contributed by atoms with Gasteiger partial charge in [-0.1, -0.05) is 28.1 Å². The lowest BCUT2D eigenvalue weighted by molar-refractivity contribution is 0.777. The van der Waals surface area contributed by atoms with Crippen molar-refractivity contribution < 1.29 is 0 Å². The number of hydrogen-bond donors (Lipinski definition) is 0. The van der Waals surface area contributed by atoms with Crippen molar-refractivity contribution in [2.75, 3.05) is 0 Å². The molecule has 0 aliphatic carbocycles. The summed E-state index contributed by atoms with van der Waals surface area (Å²) >= 11 is 4.76. The van der Waals surface area contributed by atoms with Crippen LogP contribution in [-0.2, 0) is 6.54 Å². The summed E-state index contributed by atoms with van der Waals surface area (Å²) < 4.78 is 2.91. The second-order valence-electron chi connectivity index (χ2n) is 4.17. The molecule has 0 unspecified atom stereocenters. The van der Waals surface area contributed by atoms with Crippen LogP contribution in [0.3, 0.4) is 0 Å². The van der Waals surface area contributed by atoms with E-state index in [2.05, 4.69) is 20.9 Å². The first-order valence-electron chi connectivity index (χ1n) is 5.80.